The molecule has 0 fully saturated rings. The van der Waals surface area contributed by atoms with Crippen molar-refractivity contribution >= 4 is 41.7 Å². The second-order valence-corrected chi connectivity index (χ2v) is 4.84. The van der Waals surface area contributed by atoms with E-state index in [0.717, 1.165) is 19.0 Å². The fraction of sp³-hybridized carbons (Fsp3) is 0.900. The first-order valence-corrected chi connectivity index (χ1v) is 6.46. The van der Waals surface area contributed by atoms with Gasteiger partial charge in [0.2, 0.25) is 0 Å². The van der Waals surface area contributed by atoms with Crippen molar-refractivity contribution in [3.8, 4) is 0 Å². The van der Waals surface area contributed by atoms with Gasteiger partial charge in [0.25, 0.3) is 0 Å². The molecule has 0 heterocycles. The Hall–Kier alpha value is 0.350. The number of aliphatic imine (C=N–C) groups is 1. The van der Waals surface area contributed by atoms with Gasteiger partial charge in [0.05, 0.1) is 6.54 Å². The Morgan fingerprint density at radius 2 is 1.93 bits per heavy atom. The van der Waals surface area contributed by atoms with E-state index in [0.29, 0.717) is 11.3 Å². The maximum Gasteiger partial charge on any atom is 0.191 e. The van der Waals surface area contributed by atoms with Crippen molar-refractivity contribution in [1.29, 1.82) is 0 Å². The number of rotatable bonds is 5. The van der Waals surface area contributed by atoms with Gasteiger partial charge in [-0.3, -0.25) is 4.99 Å². The summed E-state index contributed by atoms with van der Waals surface area (Å²) >= 11 is 1.84. The summed E-state index contributed by atoms with van der Waals surface area (Å²) in [7, 11) is 0. The summed E-state index contributed by atoms with van der Waals surface area (Å²) in [5.41, 5.74) is 0. The summed E-state index contributed by atoms with van der Waals surface area (Å²) in [6, 6.07) is 0.428. The Morgan fingerprint density at radius 3 is 2.33 bits per heavy atom. The Balaban J connectivity index is 0. The van der Waals surface area contributed by atoms with E-state index in [2.05, 4.69) is 49.6 Å². The van der Waals surface area contributed by atoms with Crippen molar-refractivity contribution in [3.05, 3.63) is 0 Å². The van der Waals surface area contributed by atoms with Gasteiger partial charge in [-0.15, -0.1) is 24.0 Å². The third kappa shape index (κ3) is 10.6. The molecule has 0 aliphatic heterocycles. The molecule has 1 atom stereocenters. The van der Waals surface area contributed by atoms with E-state index in [-0.39, 0.29) is 24.0 Å². The van der Waals surface area contributed by atoms with Gasteiger partial charge in [-0.1, -0.05) is 6.92 Å². The molecule has 2 N–H and O–H groups in total. The van der Waals surface area contributed by atoms with E-state index in [1.165, 1.54) is 0 Å². The first-order valence-electron chi connectivity index (χ1n) is 5.17. The number of nitrogens with zero attached hydrogens (tertiary/aromatic N) is 1. The molecule has 0 saturated heterocycles. The van der Waals surface area contributed by atoms with Crippen molar-refractivity contribution in [2.45, 2.75) is 39.0 Å². The van der Waals surface area contributed by atoms with Crippen LogP contribution in [-0.4, -0.2) is 36.6 Å². The highest BCUT2D eigenvalue weighted by atomic mass is 127. The van der Waals surface area contributed by atoms with Crippen LogP contribution >= 0.6 is 35.7 Å². The Labute approximate surface area is 115 Å². The molecule has 0 aromatic rings. The van der Waals surface area contributed by atoms with Crippen LogP contribution < -0.4 is 10.6 Å². The van der Waals surface area contributed by atoms with Gasteiger partial charge in [-0.05, 0) is 27.0 Å². The van der Waals surface area contributed by atoms with Gasteiger partial charge in [-0.2, -0.15) is 11.8 Å². The second-order valence-electron chi connectivity index (χ2n) is 3.56. The standard InChI is InChI=1S/C10H23N3S.HI/c1-6-11-10(13-8(2)3)12-7-9(4)14-5;/h8-9H,6-7H2,1-5H3,(H2,11,12,13);1H. The molecule has 0 saturated carbocycles. The van der Waals surface area contributed by atoms with Gasteiger partial charge in [0, 0.05) is 17.8 Å². The molecule has 0 bridgehead atoms. The second kappa shape index (κ2) is 10.9. The summed E-state index contributed by atoms with van der Waals surface area (Å²) in [6.45, 7) is 10.3. The Bertz CT molecular complexity index is 174. The average molecular weight is 345 g/mol. The molecule has 1 unspecified atom stereocenters. The monoisotopic (exact) mass is 345 g/mol. The zero-order valence-electron chi connectivity index (χ0n) is 10.3. The molecule has 0 radical (unpaired) electrons. The van der Waals surface area contributed by atoms with E-state index < -0.39 is 0 Å². The van der Waals surface area contributed by atoms with Crippen LogP contribution in [-0.2, 0) is 0 Å². The summed E-state index contributed by atoms with van der Waals surface area (Å²) in [6.07, 6.45) is 2.11. The highest BCUT2D eigenvalue weighted by Gasteiger charge is 2.01. The van der Waals surface area contributed by atoms with Crippen LogP contribution in [0.2, 0.25) is 0 Å². The van der Waals surface area contributed by atoms with Crippen molar-refractivity contribution in [1.82, 2.24) is 10.6 Å². The quantitative estimate of drug-likeness (QED) is 0.456. The Kier molecular flexibility index (Phi) is 12.8. The third-order valence-corrected chi connectivity index (χ3v) is 2.63. The normalized spacial score (nSPS) is 13.3. The molecule has 0 spiro atoms. The number of halogens is 1. The van der Waals surface area contributed by atoms with Crippen LogP contribution in [0.1, 0.15) is 27.7 Å². The van der Waals surface area contributed by atoms with Gasteiger partial charge in [-0.25, -0.2) is 0 Å². The highest BCUT2D eigenvalue weighted by molar-refractivity contribution is 14.0. The van der Waals surface area contributed by atoms with Crippen LogP contribution in [0.4, 0.5) is 0 Å². The van der Waals surface area contributed by atoms with Crippen molar-refractivity contribution in [2.24, 2.45) is 4.99 Å². The molecule has 92 valence electrons. The first-order chi connectivity index (χ1) is 6.60. The van der Waals surface area contributed by atoms with E-state index in [1.807, 2.05) is 11.8 Å². The third-order valence-electron chi connectivity index (χ3n) is 1.68. The lowest BCUT2D eigenvalue weighted by atomic mass is 10.4. The molecule has 5 heteroatoms. The summed E-state index contributed by atoms with van der Waals surface area (Å²) in [5.74, 6) is 0.920. The molecule has 0 aliphatic rings. The molecule has 15 heavy (non-hydrogen) atoms. The minimum atomic E-state index is 0. The zero-order chi connectivity index (χ0) is 11.0. The van der Waals surface area contributed by atoms with Crippen LogP contribution in [0.5, 0.6) is 0 Å². The molecular weight excluding hydrogens is 321 g/mol. The summed E-state index contributed by atoms with van der Waals surface area (Å²) < 4.78 is 0. The molecule has 0 aromatic carbocycles. The fourth-order valence-electron chi connectivity index (χ4n) is 0.888. The predicted octanol–water partition coefficient (Wildman–Crippen LogP) is 2.32. The topological polar surface area (TPSA) is 36.4 Å². The highest BCUT2D eigenvalue weighted by Crippen LogP contribution is 2.04. The maximum absolute atomic E-state index is 4.50. The number of hydrogen-bond donors (Lipinski definition) is 2. The molecule has 0 rings (SSSR count). The minimum Gasteiger partial charge on any atom is -0.357 e. The SMILES string of the molecule is CCNC(=NCC(C)SC)NC(C)C.I. The van der Waals surface area contributed by atoms with Gasteiger partial charge >= 0.3 is 0 Å². The average Bonchev–Trinajstić information content (AvgIpc) is 2.13. The molecular formula is C10H24IN3S. The summed E-state index contributed by atoms with van der Waals surface area (Å²) in [5, 5.41) is 7.09. The van der Waals surface area contributed by atoms with Gasteiger partial charge < -0.3 is 10.6 Å². The lowest BCUT2D eigenvalue weighted by Gasteiger charge is -2.14. The van der Waals surface area contributed by atoms with E-state index >= 15 is 0 Å². The zero-order valence-corrected chi connectivity index (χ0v) is 13.5. The van der Waals surface area contributed by atoms with E-state index in [1.54, 1.807) is 0 Å². The lowest BCUT2D eigenvalue weighted by molar-refractivity contribution is 0.700. The predicted molar refractivity (Wildman–Crippen MR) is 82.6 cm³/mol. The lowest BCUT2D eigenvalue weighted by Crippen LogP contribution is -2.41. The number of nitrogens with one attached hydrogen (secondary N) is 2. The van der Waals surface area contributed by atoms with Crippen LogP contribution in [0.15, 0.2) is 4.99 Å². The van der Waals surface area contributed by atoms with Gasteiger partial charge in [0.1, 0.15) is 0 Å². The number of hydrogen-bond acceptors (Lipinski definition) is 2. The van der Waals surface area contributed by atoms with Crippen molar-refractivity contribution < 1.29 is 0 Å². The molecule has 3 nitrogen and oxygen atoms in total. The summed E-state index contributed by atoms with van der Waals surface area (Å²) in [4.78, 5) is 4.50. The fourth-order valence-corrected chi connectivity index (χ4v) is 1.11. The largest absolute Gasteiger partial charge is 0.357 e. The first kappa shape index (κ1) is 17.7. The molecule has 0 aliphatic carbocycles. The van der Waals surface area contributed by atoms with Crippen molar-refractivity contribution in [3.63, 3.8) is 0 Å². The molecule has 0 amide bonds. The smallest absolute Gasteiger partial charge is 0.191 e. The van der Waals surface area contributed by atoms with Crippen LogP contribution in [0, 0.1) is 0 Å². The van der Waals surface area contributed by atoms with E-state index in [4.69, 9.17) is 0 Å². The van der Waals surface area contributed by atoms with Gasteiger partial charge in [0.15, 0.2) is 5.96 Å². The van der Waals surface area contributed by atoms with Crippen molar-refractivity contribution in [2.75, 3.05) is 19.3 Å². The number of guanidine groups is 1. The van der Waals surface area contributed by atoms with E-state index in [9.17, 15) is 0 Å². The van der Waals surface area contributed by atoms with Crippen LogP contribution in [0.25, 0.3) is 0 Å². The number of thioether (sulfide) groups is 1. The Morgan fingerprint density at radius 1 is 1.33 bits per heavy atom. The molecule has 0 aromatic heterocycles. The van der Waals surface area contributed by atoms with Crippen LogP contribution in [0.3, 0.4) is 0 Å². The maximum atomic E-state index is 4.50. The minimum absolute atomic E-state index is 0.